The van der Waals surface area contributed by atoms with Crippen LogP contribution < -0.4 is 14.8 Å². The van der Waals surface area contributed by atoms with E-state index in [9.17, 15) is 13.2 Å². The Morgan fingerprint density at radius 1 is 0.969 bits per heavy atom. The van der Waals surface area contributed by atoms with Crippen molar-refractivity contribution in [2.24, 2.45) is 0 Å². The molecule has 0 bridgehead atoms. The second kappa shape index (κ2) is 10.4. The molecule has 0 spiro atoms. The van der Waals surface area contributed by atoms with Gasteiger partial charge >= 0.3 is 0 Å². The zero-order chi connectivity index (χ0) is 23.1. The highest BCUT2D eigenvalue weighted by Gasteiger charge is 2.27. The van der Waals surface area contributed by atoms with E-state index < -0.39 is 16.1 Å². The van der Waals surface area contributed by atoms with Gasteiger partial charge in [-0.1, -0.05) is 60.7 Å². The Morgan fingerprint density at radius 2 is 1.59 bits per heavy atom. The highest BCUT2D eigenvalue weighted by atomic mass is 32.2. The SMILES string of the molecule is COc1ccc(S(=O)(=O)N[C@@H](Cc2ccccc2)C(=O)N[C@H](C)c2ccccc2)cc1C. The Labute approximate surface area is 189 Å². The minimum absolute atomic E-state index is 0.0813. The summed E-state index contributed by atoms with van der Waals surface area (Å²) < 4.78 is 34.0. The van der Waals surface area contributed by atoms with E-state index in [-0.39, 0.29) is 23.3 Å². The van der Waals surface area contributed by atoms with Crippen molar-refractivity contribution in [3.63, 3.8) is 0 Å². The van der Waals surface area contributed by atoms with Crippen LogP contribution in [0.3, 0.4) is 0 Å². The number of benzene rings is 3. The maximum atomic E-state index is 13.1. The molecule has 0 aromatic heterocycles. The Hall–Kier alpha value is -3.16. The van der Waals surface area contributed by atoms with E-state index in [1.807, 2.05) is 67.6 Å². The predicted octanol–water partition coefficient (Wildman–Crippen LogP) is 3.77. The Bertz CT molecular complexity index is 1150. The number of rotatable bonds is 9. The first-order valence-corrected chi connectivity index (χ1v) is 11.8. The van der Waals surface area contributed by atoms with E-state index in [1.54, 1.807) is 13.0 Å². The smallest absolute Gasteiger partial charge is 0.241 e. The molecule has 0 saturated carbocycles. The van der Waals surface area contributed by atoms with E-state index in [4.69, 9.17) is 4.74 Å². The number of amides is 1. The molecule has 3 aromatic carbocycles. The van der Waals surface area contributed by atoms with Gasteiger partial charge in [-0.15, -0.1) is 0 Å². The minimum atomic E-state index is -3.94. The van der Waals surface area contributed by atoms with Crippen molar-refractivity contribution in [3.05, 3.63) is 95.6 Å². The molecule has 0 saturated heterocycles. The number of sulfonamides is 1. The summed E-state index contributed by atoms with van der Waals surface area (Å²) in [4.78, 5) is 13.2. The van der Waals surface area contributed by atoms with Gasteiger partial charge in [-0.05, 0) is 55.2 Å². The van der Waals surface area contributed by atoms with Crippen molar-refractivity contribution in [3.8, 4) is 5.75 Å². The van der Waals surface area contributed by atoms with Gasteiger partial charge < -0.3 is 10.1 Å². The number of hydrogen-bond donors (Lipinski definition) is 2. The molecule has 0 aliphatic carbocycles. The molecule has 0 heterocycles. The normalized spacial score (nSPS) is 13.2. The fraction of sp³-hybridized carbons (Fsp3) is 0.240. The van der Waals surface area contributed by atoms with Crippen molar-refractivity contribution < 1.29 is 17.9 Å². The Kier molecular flexibility index (Phi) is 7.66. The first kappa shape index (κ1) is 23.5. The largest absolute Gasteiger partial charge is 0.496 e. The molecular formula is C25H28N2O4S. The van der Waals surface area contributed by atoms with Gasteiger partial charge in [0, 0.05) is 0 Å². The lowest BCUT2D eigenvalue weighted by Crippen LogP contribution is -2.48. The number of methoxy groups -OCH3 is 1. The van der Waals surface area contributed by atoms with Gasteiger partial charge in [0.15, 0.2) is 0 Å². The molecule has 0 aliphatic rings. The van der Waals surface area contributed by atoms with Gasteiger partial charge in [0.05, 0.1) is 18.0 Å². The summed E-state index contributed by atoms with van der Waals surface area (Å²) in [6.07, 6.45) is 0.225. The maximum Gasteiger partial charge on any atom is 0.241 e. The number of carbonyl (C=O) groups is 1. The lowest BCUT2D eigenvalue weighted by atomic mass is 10.0. The maximum absolute atomic E-state index is 13.1. The van der Waals surface area contributed by atoms with Crippen LogP contribution in [-0.4, -0.2) is 27.5 Å². The van der Waals surface area contributed by atoms with Gasteiger partial charge in [0.1, 0.15) is 11.8 Å². The van der Waals surface area contributed by atoms with Crippen LogP contribution in [0.5, 0.6) is 5.75 Å². The molecule has 7 heteroatoms. The summed E-state index contributed by atoms with van der Waals surface area (Å²) in [5.41, 5.74) is 2.48. The highest BCUT2D eigenvalue weighted by Crippen LogP contribution is 2.22. The highest BCUT2D eigenvalue weighted by molar-refractivity contribution is 7.89. The summed E-state index contributed by atoms with van der Waals surface area (Å²) in [7, 11) is -2.41. The third kappa shape index (κ3) is 5.96. The first-order chi connectivity index (χ1) is 15.3. The second-order valence-electron chi connectivity index (χ2n) is 7.64. The summed E-state index contributed by atoms with van der Waals surface area (Å²) in [5.74, 6) is 0.207. The summed E-state index contributed by atoms with van der Waals surface area (Å²) in [6, 6.07) is 22.2. The molecule has 3 rings (SSSR count). The third-order valence-corrected chi connectivity index (χ3v) is 6.70. The molecular weight excluding hydrogens is 424 g/mol. The van der Waals surface area contributed by atoms with Crippen LogP contribution in [0.4, 0.5) is 0 Å². The molecule has 3 aromatic rings. The monoisotopic (exact) mass is 452 g/mol. The zero-order valence-corrected chi connectivity index (χ0v) is 19.2. The van der Waals surface area contributed by atoms with E-state index >= 15 is 0 Å². The summed E-state index contributed by atoms with van der Waals surface area (Å²) >= 11 is 0. The summed E-state index contributed by atoms with van der Waals surface area (Å²) in [6.45, 7) is 3.64. The molecule has 0 aliphatic heterocycles. The molecule has 2 N–H and O–H groups in total. The topological polar surface area (TPSA) is 84.5 Å². The average molecular weight is 453 g/mol. The van der Waals surface area contributed by atoms with Gasteiger partial charge in [-0.2, -0.15) is 4.72 Å². The van der Waals surface area contributed by atoms with Crippen LogP contribution in [0, 0.1) is 6.92 Å². The average Bonchev–Trinajstić information content (AvgIpc) is 2.79. The third-order valence-electron chi connectivity index (χ3n) is 5.23. The number of nitrogens with one attached hydrogen (secondary N) is 2. The van der Waals surface area contributed by atoms with Crippen LogP contribution in [0.2, 0.25) is 0 Å². The van der Waals surface area contributed by atoms with Crippen LogP contribution in [0.1, 0.15) is 29.7 Å². The van der Waals surface area contributed by atoms with Crippen molar-refractivity contribution >= 4 is 15.9 Å². The van der Waals surface area contributed by atoms with Crippen molar-refractivity contribution in [1.29, 1.82) is 0 Å². The van der Waals surface area contributed by atoms with Gasteiger partial charge in [0.25, 0.3) is 0 Å². The molecule has 0 radical (unpaired) electrons. The van der Waals surface area contributed by atoms with E-state index in [0.717, 1.165) is 11.1 Å². The zero-order valence-electron chi connectivity index (χ0n) is 18.4. The van der Waals surface area contributed by atoms with Gasteiger partial charge in [0.2, 0.25) is 15.9 Å². The minimum Gasteiger partial charge on any atom is -0.496 e. The van der Waals surface area contributed by atoms with E-state index in [2.05, 4.69) is 10.0 Å². The van der Waals surface area contributed by atoms with Crippen LogP contribution in [0.15, 0.2) is 83.8 Å². The molecule has 1 amide bonds. The van der Waals surface area contributed by atoms with Crippen molar-refractivity contribution in [2.45, 2.75) is 37.2 Å². The number of hydrogen-bond acceptors (Lipinski definition) is 4. The van der Waals surface area contributed by atoms with E-state index in [0.29, 0.717) is 11.3 Å². The molecule has 2 atom stereocenters. The quantitative estimate of drug-likeness (QED) is 0.518. The molecule has 32 heavy (non-hydrogen) atoms. The molecule has 168 valence electrons. The fourth-order valence-corrected chi connectivity index (χ4v) is 4.73. The molecule has 6 nitrogen and oxygen atoms in total. The number of carbonyl (C=O) groups excluding carboxylic acids is 1. The van der Waals surface area contributed by atoms with Gasteiger partial charge in [-0.25, -0.2) is 8.42 Å². The van der Waals surface area contributed by atoms with Crippen LogP contribution in [0.25, 0.3) is 0 Å². The summed E-state index contributed by atoms with van der Waals surface area (Å²) in [5, 5.41) is 2.93. The number of aryl methyl sites for hydroxylation is 1. The Morgan fingerprint density at radius 3 is 2.19 bits per heavy atom. The lowest BCUT2D eigenvalue weighted by molar-refractivity contribution is -0.123. The first-order valence-electron chi connectivity index (χ1n) is 10.4. The van der Waals surface area contributed by atoms with Crippen molar-refractivity contribution in [2.75, 3.05) is 7.11 Å². The van der Waals surface area contributed by atoms with Crippen LogP contribution in [-0.2, 0) is 21.2 Å². The lowest BCUT2D eigenvalue weighted by Gasteiger charge is -2.22. The molecule has 0 fully saturated rings. The molecule has 0 unspecified atom stereocenters. The van der Waals surface area contributed by atoms with Crippen molar-refractivity contribution in [1.82, 2.24) is 10.0 Å². The predicted molar refractivity (Wildman–Crippen MR) is 125 cm³/mol. The van der Waals surface area contributed by atoms with Crippen LogP contribution >= 0.6 is 0 Å². The fourth-order valence-electron chi connectivity index (χ4n) is 3.45. The van der Waals surface area contributed by atoms with Gasteiger partial charge in [-0.3, -0.25) is 4.79 Å². The number of ether oxygens (including phenoxy) is 1. The van der Waals surface area contributed by atoms with E-state index in [1.165, 1.54) is 19.2 Å². The Balaban J connectivity index is 1.85. The standard InChI is InChI=1S/C25H28N2O4S/c1-18-16-22(14-15-24(18)31-3)32(29,30)27-23(17-20-10-6-4-7-11-20)25(28)26-19(2)21-12-8-5-9-13-21/h4-16,19,23,27H,17H2,1-3H3,(H,26,28)/t19-,23+/m1/s1. The second-order valence-corrected chi connectivity index (χ2v) is 9.35.